The van der Waals surface area contributed by atoms with Gasteiger partial charge in [0.05, 0.1) is 11.5 Å². The molecule has 0 saturated carbocycles. The number of hydrogen-bond acceptors (Lipinski definition) is 3. The van der Waals surface area contributed by atoms with Crippen molar-refractivity contribution in [1.82, 2.24) is 19.3 Å². The van der Waals surface area contributed by atoms with Crippen molar-refractivity contribution in [2.75, 3.05) is 0 Å². The molecule has 6 heteroatoms. The molecule has 5 nitrogen and oxygen atoms in total. The van der Waals surface area contributed by atoms with Crippen molar-refractivity contribution in [2.24, 2.45) is 7.05 Å². The largest absolute Gasteiger partial charge is 2.00 e. The van der Waals surface area contributed by atoms with Gasteiger partial charge >= 0.3 is 21.1 Å². The summed E-state index contributed by atoms with van der Waals surface area (Å²) in [7, 11) is 1.97. The summed E-state index contributed by atoms with van der Waals surface area (Å²) in [5.74, 6) is 2.71. The Morgan fingerprint density at radius 2 is 1.34 bits per heavy atom. The zero-order valence-electron chi connectivity index (χ0n) is 28.4. The molecule has 0 atom stereocenters. The van der Waals surface area contributed by atoms with Crippen LogP contribution in [0.4, 0.5) is 0 Å². The van der Waals surface area contributed by atoms with E-state index in [0.29, 0.717) is 23.3 Å². The van der Waals surface area contributed by atoms with Crippen molar-refractivity contribution >= 4 is 0 Å². The van der Waals surface area contributed by atoms with Crippen LogP contribution in [0, 0.1) is 12.1 Å². The number of hydrogen-bond donors (Lipinski definition) is 0. The van der Waals surface area contributed by atoms with E-state index >= 15 is 0 Å². The summed E-state index contributed by atoms with van der Waals surface area (Å²) in [5.41, 5.74) is 9.76. The Hall–Kier alpha value is -4.21. The van der Waals surface area contributed by atoms with Gasteiger partial charge in [0.25, 0.3) is 0 Å². The monoisotopic (exact) mass is 801 g/mol. The average molecular weight is 802 g/mol. The number of aromatic nitrogens is 4. The van der Waals surface area contributed by atoms with E-state index in [1.807, 2.05) is 48.1 Å². The van der Waals surface area contributed by atoms with Crippen LogP contribution in [0.5, 0.6) is 11.5 Å². The number of aryl methyl sites for hydroxylation is 1. The first-order valence-corrected chi connectivity index (χ1v) is 16.1. The molecule has 2 aromatic heterocycles. The first-order chi connectivity index (χ1) is 22.0. The second kappa shape index (κ2) is 13.9. The maximum Gasteiger partial charge on any atom is 2.00 e. The van der Waals surface area contributed by atoms with E-state index in [2.05, 4.69) is 125 Å². The standard InChI is InChI=1S/C41H42N4O.Pt/c1-27(2)34-21-14-22-35(28(3)4)36(34)37-38(29-15-10-9-11-16-29)43-45(39(37)41(5,6)7)31-18-13-20-33(26-31)46-32-19-12-17-30(25-32)40-42-23-24-44(40)8;/h9-24,27-28H,1-8H3;/q-2;+2. The van der Waals surface area contributed by atoms with Crippen molar-refractivity contribution in [1.29, 1.82) is 0 Å². The molecule has 0 bridgehead atoms. The van der Waals surface area contributed by atoms with Crippen LogP contribution in [0.1, 0.15) is 77.1 Å². The molecule has 0 fully saturated rings. The topological polar surface area (TPSA) is 44.9 Å². The minimum absolute atomic E-state index is 0. The zero-order valence-corrected chi connectivity index (χ0v) is 30.7. The Bertz CT molecular complexity index is 1950. The molecule has 47 heavy (non-hydrogen) atoms. The van der Waals surface area contributed by atoms with Crippen molar-refractivity contribution in [3.63, 3.8) is 0 Å². The summed E-state index contributed by atoms with van der Waals surface area (Å²) in [6.07, 6.45) is 3.71. The molecule has 242 valence electrons. The molecule has 0 aliphatic carbocycles. The molecule has 0 saturated heterocycles. The molecule has 0 radical (unpaired) electrons. The first kappa shape index (κ1) is 34.1. The third-order valence-corrected chi connectivity index (χ3v) is 8.30. The fourth-order valence-electron chi connectivity index (χ4n) is 6.16. The van der Waals surface area contributed by atoms with Crippen LogP contribution in [0.15, 0.2) is 97.3 Å². The van der Waals surface area contributed by atoms with E-state index in [9.17, 15) is 0 Å². The van der Waals surface area contributed by atoms with Crippen LogP contribution in [0.25, 0.3) is 39.5 Å². The average Bonchev–Trinajstić information content (AvgIpc) is 3.65. The van der Waals surface area contributed by atoms with Crippen LogP contribution in [0.3, 0.4) is 0 Å². The zero-order chi connectivity index (χ0) is 32.6. The van der Waals surface area contributed by atoms with Gasteiger partial charge in [-0.2, -0.15) is 11.2 Å². The molecule has 4 aromatic carbocycles. The maximum absolute atomic E-state index is 6.36. The molecule has 0 amide bonds. The van der Waals surface area contributed by atoms with E-state index in [1.54, 1.807) is 6.20 Å². The predicted molar refractivity (Wildman–Crippen MR) is 188 cm³/mol. The summed E-state index contributed by atoms with van der Waals surface area (Å²) in [5, 5.41) is 5.41. The molecule has 0 aliphatic heterocycles. The SMILES string of the molecule is CC(C)c1cccc(C(C)C)c1-c1c(-c2ccccc2)nn(-c2[c-]c(Oc3[c-]c(-c4nccn4C)ccc3)ccc2)c1C(C)(C)C.[Pt+2]. The van der Waals surface area contributed by atoms with Gasteiger partial charge in [0.1, 0.15) is 5.69 Å². The molecule has 0 spiro atoms. The van der Waals surface area contributed by atoms with E-state index in [0.717, 1.165) is 34.0 Å². The number of rotatable bonds is 8. The first-order valence-electron chi connectivity index (χ1n) is 16.1. The minimum atomic E-state index is -0.247. The Morgan fingerprint density at radius 3 is 1.94 bits per heavy atom. The van der Waals surface area contributed by atoms with Crippen LogP contribution in [-0.2, 0) is 33.5 Å². The number of ether oxygens (including phenoxy) is 1. The Labute approximate surface area is 293 Å². The van der Waals surface area contributed by atoms with Crippen molar-refractivity contribution in [2.45, 2.75) is 65.7 Å². The van der Waals surface area contributed by atoms with Crippen LogP contribution in [-0.4, -0.2) is 19.3 Å². The van der Waals surface area contributed by atoms with Crippen molar-refractivity contribution in [3.8, 4) is 51.0 Å². The Morgan fingerprint density at radius 1 is 0.723 bits per heavy atom. The quantitative estimate of drug-likeness (QED) is 0.144. The fourth-order valence-corrected chi connectivity index (χ4v) is 6.16. The van der Waals surface area contributed by atoms with Gasteiger partial charge in [-0.1, -0.05) is 103 Å². The number of nitrogens with zero attached hydrogens (tertiary/aromatic N) is 4. The molecular formula is C41H42N4OPt. The third-order valence-electron chi connectivity index (χ3n) is 8.30. The van der Waals surface area contributed by atoms with Gasteiger partial charge in [0.2, 0.25) is 0 Å². The fraction of sp³-hybridized carbons (Fsp3) is 0.268. The molecule has 2 heterocycles. The van der Waals surface area contributed by atoms with E-state index in [4.69, 9.17) is 9.84 Å². The van der Waals surface area contributed by atoms with Crippen molar-refractivity contribution in [3.05, 3.63) is 126 Å². The summed E-state index contributed by atoms with van der Waals surface area (Å²) in [4.78, 5) is 4.47. The van der Waals surface area contributed by atoms with Gasteiger partial charge in [-0.25, -0.2) is 0 Å². The molecule has 0 unspecified atom stereocenters. The Kier molecular flexibility index (Phi) is 10.1. The number of imidazole rings is 1. The predicted octanol–water partition coefficient (Wildman–Crippen LogP) is 10.5. The molecular weight excluding hydrogens is 760 g/mol. The van der Waals surface area contributed by atoms with E-state index in [-0.39, 0.29) is 26.5 Å². The minimum Gasteiger partial charge on any atom is -0.503 e. The van der Waals surface area contributed by atoms with Gasteiger partial charge in [0.15, 0.2) is 0 Å². The smallest absolute Gasteiger partial charge is 0.503 e. The third kappa shape index (κ3) is 6.92. The van der Waals surface area contributed by atoms with Gasteiger partial charge < -0.3 is 9.30 Å². The molecule has 6 aromatic rings. The van der Waals surface area contributed by atoms with E-state index < -0.39 is 0 Å². The summed E-state index contributed by atoms with van der Waals surface area (Å²) >= 11 is 0. The van der Waals surface area contributed by atoms with Gasteiger partial charge in [-0.15, -0.1) is 42.0 Å². The Balaban J connectivity index is 0.00000433. The second-order valence-electron chi connectivity index (χ2n) is 13.5. The molecule has 6 rings (SSSR count). The summed E-state index contributed by atoms with van der Waals surface area (Å²) < 4.78 is 10.4. The van der Waals surface area contributed by atoms with Gasteiger partial charge in [0, 0.05) is 47.5 Å². The van der Waals surface area contributed by atoms with Crippen LogP contribution >= 0.6 is 0 Å². The van der Waals surface area contributed by atoms with Gasteiger partial charge in [-0.3, -0.25) is 9.67 Å². The summed E-state index contributed by atoms with van der Waals surface area (Å²) in [6, 6.07) is 36.0. The van der Waals surface area contributed by atoms with Crippen molar-refractivity contribution < 1.29 is 25.8 Å². The van der Waals surface area contributed by atoms with Crippen LogP contribution in [0.2, 0.25) is 0 Å². The summed E-state index contributed by atoms with van der Waals surface area (Å²) in [6.45, 7) is 15.9. The number of benzene rings is 4. The maximum atomic E-state index is 6.36. The molecule has 0 N–H and O–H groups in total. The van der Waals surface area contributed by atoms with E-state index in [1.165, 1.54) is 22.3 Å². The second-order valence-corrected chi connectivity index (χ2v) is 13.5. The molecule has 0 aliphatic rings. The normalized spacial score (nSPS) is 11.6. The van der Waals surface area contributed by atoms with Gasteiger partial charge in [-0.05, 0) is 34.2 Å². The van der Waals surface area contributed by atoms with Crippen LogP contribution < -0.4 is 4.74 Å².